The van der Waals surface area contributed by atoms with Crippen LogP contribution in [0.2, 0.25) is 0 Å². The molecule has 1 aliphatic heterocycles. The first-order valence-electron chi connectivity index (χ1n) is 5.82. The number of carboxylic acid groups (broad SMARTS) is 1. The summed E-state index contributed by atoms with van der Waals surface area (Å²) in [6.45, 7) is 0. The largest absolute Gasteiger partial charge is 0.481 e. The minimum Gasteiger partial charge on any atom is -0.481 e. The molecule has 1 heterocycles. The van der Waals surface area contributed by atoms with Crippen LogP contribution in [0.15, 0.2) is 0 Å². The number of carbonyl (C=O) groups is 1. The zero-order chi connectivity index (χ0) is 10.7. The van der Waals surface area contributed by atoms with Crippen molar-refractivity contribution in [2.45, 2.75) is 44.2 Å². The Bertz CT molecular complexity index is 221. The van der Waals surface area contributed by atoms with Crippen molar-refractivity contribution in [3.05, 3.63) is 0 Å². The Morgan fingerprint density at radius 3 is 2.40 bits per heavy atom. The molecule has 0 aromatic carbocycles. The average Bonchev–Trinajstić information content (AvgIpc) is 2.71. The van der Waals surface area contributed by atoms with Crippen LogP contribution in [-0.4, -0.2) is 34.7 Å². The summed E-state index contributed by atoms with van der Waals surface area (Å²) in [4.78, 5) is 10.8. The molecule has 2 aliphatic rings. The van der Waals surface area contributed by atoms with E-state index < -0.39 is 5.97 Å². The van der Waals surface area contributed by atoms with E-state index in [-0.39, 0.29) is 5.92 Å². The van der Waals surface area contributed by atoms with Gasteiger partial charge in [-0.25, -0.2) is 0 Å². The fourth-order valence-corrected chi connectivity index (χ4v) is 3.67. The monoisotopic (exact) mass is 229 g/mol. The van der Waals surface area contributed by atoms with Gasteiger partial charge in [-0.05, 0) is 37.9 Å². The molecule has 1 unspecified atom stereocenters. The molecule has 1 saturated carbocycles. The van der Waals surface area contributed by atoms with Gasteiger partial charge in [0.15, 0.2) is 0 Å². The predicted molar refractivity (Wildman–Crippen MR) is 62.2 cm³/mol. The molecule has 2 fully saturated rings. The molecule has 15 heavy (non-hydrogen) atoms. The quantitative estimate of drug-likeness (QED) is 0.773. The molecule has 2 rings (SSSR count). The van der Waals surface area contributed by atoms with E-state index >= 15 is 0 Å². The van der Waals surface area contributed by atoms with Crippen LogP contribution < -0.4 is 5.32 Å². The second-order valence-electron chi connectivity index (χ2n) is 4.61. The van der Waals surface area contributed by atoms with E-state index in [1.54, 1.807) is 0 Å². The molecule has 0 radical (unpaired) electrons. The van der Waals surface area contributed by atoms with Crippen LogP contribution in [0.5, 0.6) is 0 Å². The zero-order valence-electron chi connectivity index (χ0n) is 8.95. The minimum atomic E-state index is -0.607. The molecule has 1 aliphatic carbocycles. The van der Waals surface area contributed by atoms with Gasteiger partial charge in [0, 0.05) is 17.8 Å². The molecule has 0 amide bonds. The Labute approximate surface area is 95.0 Å². The maximum absolute atomic E-state index is 10.8. The lowest BCUT2D eigenvalue weighted by Crippen LogP contribution is -2.41. The standard InChI is InChI=1S/C11H19NO2S/c13-11(14)8-1-3-9(4-2-8)12-10-5-6-15-7-10/h8-10,12H,1-7H2,(H,13,14). The second-order valence-corrected chi connectivity index (χ2v) is 5.76. The van der Waals surface area contributed by atoms with Crippen molar-refractivity contribution in [2.24, 2.45) is 5.92 Å². The van der Waals surface area contributed by atoms with Gasteiger partial charge in [-0.15, -0.1) is 0 Å². The fraction of sp³-hybridized carbons (Fsp3) is 0.909. The Kier molecular flexibility index (Phi) is 3.92. The summed E-state index contributed by atoms with van der Waals surface area (Å²) in [5, 5.41) is 12.5. The first-order chi connectivity index (χ1) is 7.25. The van der Waals surface area contributed by atoms with E-state index in [0.29, 0.717) is 12.1 Å². The summed E-state index contributed by atoms with van der Waals surface area (Å²) in [7, 11) is 0. The minimum absolute atomic E-state index is 0.0824. The number of nitrogens with one attached hydrogen (secondary N) is 1. The van der Waals surface area contributed by atoms with E-state index in [0.717, 1.165) is 25.7 Å². The zero-order valence-corrected chi connectivity index (χ0v) is 9.76. The first-order valence-corrected chi connectivity index (χ1v) is 6.98. The summed E-state index contributed by atoms with van der Waals surface area (Å²) in [6.07, 6.45) is 5.07. The van der Waals surface area contributed by atoms with Gasteiger partial charge in [0.25, 0.3) is 0 Å². The van der Waals surface area contributed by atoms with E-state index in [9.17, 15) is 4.79 Å². The predicted octanol–water partition coefficient (Wildman–Crippen LogP) is 1.72. The molecule has 4 heteroatoms. The third kappa shape index (κ3) is 3.11. The summed E-state index contributed by atoms with van der Waals surface area (Å²) in [5.74, 6) is 1.83. The summed E-state index contributed by atoms with van der Waals surface area (Å²) in [6, 6.07) is 1.26. The lowest BCUT2D eigenvalue weighted by molar-refractivity contribution is -0.142. The molecule has 0 aromatic rings. The SMILES string of the molecule is O=C(O)C1CCC(NC2CCSC2)CC1. The highest BCUT2D eigenvalue weighted by atomic mass is 32.2. The van der Waals surface area contributed by atoms with Crippen LogP contribution in [0.4, 0.5) is 0 Å². The van der Waals surface area contributed by atoms with Crippen LogP contribution >= 0.6 is 11.8 Å². The fourth-order valence-electron chi connectivity index (χ4n) is 2.51. The van der Waals surface area contributed by atoms with Gasteiger partial charge in [0.1, 0.15) is 0 Å². The van der Waals surface area contributed by atoms with E-state index in [1.165, 1.54) is 17.9 Å². The number of thioether (sulfide) groups is 1. The van der Waals surface area contributed by atoms with E-state index in [4.69, 9.17) is 5.11 Å². The van der Waals surface area contributed by atoms with Crippen molar-refractivity contribution >= 4 is 17.7 Å². The Morgan fingerprint density at radius 1 is 1.13 bits per heavy atom. The highest BCUT2D eigenvalue weighted by molar-refractivity contribution is 7.99. The van der Waals surface area contributed by atoms with Crippen LogP contribution in [0.1, 0.15) is 32.1 Å². The lowest BCUT2D eigenvalue weighted by Gasteiger charge is -2.29. The number of rotatable bonds is 3. The van der Waals surface area contributed by atoms with Crippen LogP contribution in [0, 0.1) is 5.92 Å². The van der Waals surface area contributed by atoms with Crippen molar-refractivity contribution in [3.8, 4) is 0 Å². The second kappa shape index (κ2) is 5.21. The van der Waals surface area contributed by atoms with Gasteiger partial charge < -0.3 is 10.4 Å². The van der Waals surface area contributed by atoms with E-state index in [2.05, 4.69) is 5.32 Å². The van der Waals surface area contributed by atoms with Gasteiger partial charge in [0.2, 0.25) is 0 Å². The maximum atomic E-state index is 10.8. The molecule has 2 N–H and O–H groups in total. The van der Waals surface area contributed by atoms with Crippen molar-refractivity contribution in [3.63, 3.8) is 0 Å². The van der Waals surface area contributed by atoms with Gasteiger partial charge in [-0.2, -0.15) is 11.8 Å². The summed E-state index contributed by atoms with van der Waals surface area (Å²) >= 11 is 2.02. The smallest absolute Gasteiger partial charge is 0.306 e. The molecule has 86 valence electrons. The Hall–Kier alpha value is -0.220. The van der Waals surface area contributed by atoms with Gasteiger partial charge in [-0.1, -0.05) is 0 Å². The van der Waals surface area contributed by atoms with Crippen LogP contribution in [0.3, 0.4) is 0 Å². The summed E-state index contributed by atoms with van der Waals surface area (Å²) < 4.78 is 0. The molecule has 0 spiro atoms. The Morgan fingerprint density at radius 2 is 1.87 bits per heavy atom. The van der Waals surface area contributed by atoms with Crippen molar-refractivity contribution in [1.29, 1.82) is 0 Å². The van der Waals surface area contributed by atoms with Crippen molar-refractivity contribution in [1.82, 2.24) is 5.32 Å². The molecule has 3 nitrogen and oxygen atoms in total. The van der Waals surface area contributed by atoms with Crippen LogP contribution in [0.25, 0.3) is 0 Å². The number of hydrogen-bond acceptors (Lipinski definition) is 3. The highest BCUT2D eigenvalue weighted by Gasteiger charge is 2.27. The number of carboxylic acids is 1. The topological polar surface area (TPSA) is 49.3 Å². The van der Waals surface area contributed by atoms with Crippen LogP contribution in [-0.2, 0) is 4.79 Å². The first kappa shape index (κ1) is 11.3. The number of aliphatic carboxylic acids is 1. The molecule has 0 bridgehead atoms. The van der Waals surface area contributed by atoms with E-state index in [1.807, 2.05) is 11.8 Å². The molecule has 1 atom stereocenters. The van der Waals surface area contributed by atoms with Gasteiger partial charge in [-0.3, -0.25) is 4.79 Å². The van der Waals surface area contributed by atoms with Gasteiger partial charge >= 0.3 is 5.97 Å². The normalized spacial score (nSPS) is 36.7. The maximum Gasteiger partial charge on any atom is 0.306 e. The molecular formula is C11H19NO2S. The number of hydrogen-bond donors (Lipinski definition) is 2. The summed E-state index contributed by atoms with van der Waals surface area (Å²) in [5.41, 5.74) is 0. The molecule has 1 saturated heterocycles. The molecular weight excluding hydrogens is 210 g/mol. The average molecular weight is 229 g/mol. The van der Waals surface area contributed by atoms with Crippen molar-refractivity contribution in [2.75, 3.05) is 11.5 Å². The highest BCUT2D eigenvalue weighted by Crippen LogP contribution is 2.26. The van der Waals surface area contributed by atoms with Gasteiger partial charge in [0.05, 0.1) is 5.92 Å². The Balaban J connectivity index is 1.71. The third-order valence-corrected chi connectivity index (χ3v) is 4.64. The lowest BCUT2D eigenvalue weighted by atomic mass is 9.86. The van der Waals surface area contributed by atoms with Crippen molar-refractivity contribution < 1.29 is 9.90 Å². The molecule has 0 aromatic heterocycles. The third-order valence-electron chi connectivity index (χ3n) is 3.48.